The van der Waals surface area contributed by atoms with Gasteiger partial charge in [-0.1, -0.05) is 0 Å². The number of nitrogens with zero attached hydrogens (tertiary/aromatic N) is 4. The van der Waals surface area contributed by atoms with E-state index in [9.17, 15) is 0 Å². The number of rotatable bonds is 2. The third kappa shape index (κ3) is 1.99. The summed E-state index contributed by atoms with van der Waals surface area (Å²) in [4.78, 5) is 4.53. The van der Waals surface area contributed by atoms with Gasteiger partial charge in [-0.3, -0.25) is 4.68 Å². The molecule has 1 fully saturated rings. The molecule has 0 radical (unpaired) electrons. The molecular formula is C13H17N5S. The first-order chi connectivity index (χ1) is 9.42. The molecule has 1 saturated heterocycles. The van der Waals surface area contributed by atoms with Crippen molar-refractivity contribution in [2.75, 3.05) is 18.1 Å². The number of imidazole rings is 1. The lowest BCUT2D eigenvalue weighted by Gasteiger charge is -2.13. The molecule has 0 amide bonds. The molecule has 0 saturated carbocycles. The Morgan fingerprint density at radius 1 is 1.42 bits per heavy atom. The largest absolute Gasteiger partial charge is 0.326 e. The van der Waals surface area contributed by atoms with Gasteiger partial charge in [0.2, 0.25) is 0 Å². The molecule has 2 aromatic heterocycles. The van der Waals surface area contributed by atoms with Gasteiger partial charge < -0.3 is 9.88 Å². The molecule has 0 spiro atoms. The van der Waals surface area contributed by atoms with E-state index >= 15 is 0 Å². The van der Waals surface area contributed by atoms with E-state index in [1.807, 2.05) is 18.0 Å². The number of hydrogen-bond acceptors (Lipinski definition) is 4. The van der Waals surface area contributed by atoms with E-state index in [1.54, 1.807) is 0 Å². The van der Waals surface area contributed by atoms with E-state index in [0.29, 0.717) is 6.04 Å². The Balaban J connectivity index is 1.72. The quantitative estimate of drug-likeness (QED) is 0.903. The van der Waals surface area contributed by atoms with Gasteiger partial charge in [0.1, 0.15) is 5.69 Å². The van der Waals surface area contributed by atoms with E-state index in [2.05, 4.69) is 31.8 Å². The summed E-state index contributed by atoms with van der Waals surface area (Å²) >= 11 is 2.03. The molecule has 2 aliphatic rings. The maximum atomic E-state index is 4.71. The van der Waals surface area contributed by atoms with Crippen molar-refractivity contribution in [1.29, 1.82) is 0 Å². The van der Waals surface area contributed by atoms with E-state index in [4.69, 9.17) is 5.10 Å². The molecule has 0 aromatic carbocycles. The number of aromatic nitrogens is 4. The van der Waals surface area contributed by atoms with E-state index in [1.165, 1.54) is 23.6 Å². The predicted octanol–water partition coefficient (Wildman–Crippen LogP) is 1.53. The van der Waals surface area contributed by atoms with Crippen LogP contribution in [-0.2, 0) is 13.1 Å². The highest BCUT2D eigenvalue weighted by Crippen LogP contribution is 2.31. The number of thioether (sulfide) groups is 1. The molecule has 19 heavy (non-hydrogen) atoms. The SMILES string of the molecule is c1cn([C@H]2CCSC2)c(-c2cc3n(n2)CCNC3)n1. The zero-order valence-electron chi connectivity index (χ0n) is 10.7. The van der Waals surface area contributed by atoms with Gasteiger partial charge >= 0.3 is 0 Å². The van der Waals surface area contributed by atoms with Gasteiger partial charge in [-0.15, -0.1) is 0 Å². The Bertz CT molecular complexity index is 558. The van der Waals surface area contributed by atoms with Crippen molar-refractivity contribution in [3.05, 3.63) is 24.2 Å². The minimum Gasteiger partial charge on any atom is -0.326 e. The van der Waals surface area contributed by atoms with Crippen LogP contribution in [0, 0.1) is 0 Å². The third-order valence-corrected chi connectivity index (χ3v) is 5.01. The van der Waals surface area contributed by atoms with Crippen LogP contribution in [-0.4, -0.2) is 37.4 Å². The van der Waals surface area contributed by atoms with Crippen molar-refractivity contribution in [2.45, 2.75) is 25.6 Å². The van der Waals surface area contributed by atoms with Crippen LogP contribution in [0.2, 0.25) is 0 Å². The second kappa shape index (κ2) is 4.68. The number of fused-ring (bicyclic) bond motifs is 1. The molecule has 2 aromatic rings. The molecule has 0 bridgehead atoms. The summed E-state index contributed by atoms with van der Waals surface area (Å²) in [6, 6.07) is 2.76. The molecule has 0 unspecified atom stereocenters. The molecule has 5 nitrogen and oxygen atoms in total. The molecule has 100 valence electrons. The Morgan fingerprint density at radius 3 is 3.26 bits per heavy atom. The van der Waals surface area contributed by atoms with Crippen molar-refractivity contribution >= 4 is 11.8 Å². The summed E-state index contributed by atoms with van der Waals surface area (Å²) in [7, 11) is 0. The molecule has 4 rings (SSSR count). The zero-order valence-corrected chi connectivity index (χ0v) is 11.6. The first kappa shape index (κ1) is 11.5. The highest BCUT2D eigenvalue weighted by Gasteiger charge is 2.22. The highest BCUT2D eigenvalue weighted by atomic mass is 32.2. The van der Waals surface area contributed by atoms with E-state index in [-0.39, 0.29) is 0 Å². The maximum absolute atomic E-state index is 4.71. The second-order valence-corrected chi connectivity index (χ2v) is 6.25. The molecule has 4 heterocycles. The predicted molar refractivity (Wildman–Crippen MR) is 76.1 cm³/mol. The molecule has 0 aliphatic carbocycles. The summed E-state index contributed by atoms with van der Waals surface area (Å²) in [6.07, 6.45) is 5.24. The maximum Gasteiger partial charge on any atom is 0.160 e. The van der Waals surface area contributed by atoms with Gasteiger partial charge in [0.05, 0.1) is 12.2 Å². The van der Waals surface area contributed by atoms with E-state index < -0.39 is 0 Å². The summed E-state index contributed by atoms with van der Waals surface area (Å²) in [5, 5.41) is 8.09. The normalized spacial score (nSPS) is 22.6. The molecule has 6 heteroatoms. The fourth-order valence-corrected chi connectivity index (χ4v) is 4.05. The monoisotopic (exact) mass is 275 g/mol. The topological polar surface area (TPSA) is 47.7 Å². The lowest BCUT2D eigenvalue weighted by Crippen LogP contribution is -2.28. The van der Waals surface area contributed by atoms with Gasteiger partial charge in [-0.05, 0) is 18.2 Å². The minimum atomic E-state index is 0.583. The summed E-state index contributed by atoms with van der Waals surface area (Å²) < 4.78 is 4.41. The van der Waals surface area contributed by atoms with Crippen LogP contribution >= 0.6 is 11.8 Å². The Morgan fingerprint density at radius 2 is 2.42 bits per heavy atom. The van der Waals surface area contributed by atoms with Gasteiger partial charge in [0.25, 0.3) is 0 Å². The van der Waals surface area contributed by atoms with Crippen LogP contribution in [0.25, 0.3) is 11.5 Å². The molecule has 2 aliphatic heterocycles. The van der Waals surface area contributed by atoms with Gasteiger partial charge in [0.15, 0.2) is 5.82 Å². The van der Waals surface area contributed by atoms with E-state index in [0.717, 1.165) is 31.2 Å². The fraction of sp³-hybridized carbons (Fsp3) is 0.538. The van der Waals surface area contributed by atoms with Gasteiger partial charge in [0, 0.05) is 37.3 Å². The molecule has 1 N–H and O–H groups in total. The first-order valence-corrected chi connectivity index (χ1v) is 7.96. The van der Waals surface area contributed by atoms with Crippen LogP contribution in [0.4, 0.5) is 0 Å². The van der Waals surface area contributed by atoms with Crippen LogP contribution < -0.4 is 5.32 Å². The fourth-order valence-electron chi connectivity index (χ4n) is 2.85. The molecule has 1 atom stereocenters. The van der Waals surface area contributed by atoms with Crippen molar-refractivity contribution in [3.63, 3.8) is 0 Å². The zero-order chi connectivity index (χ0) is 12.7. The summed E-state index contributed by atoms with van der Waals surface area (Å²) in [5.41, 5.74) is 2.28. The number of nitrogens with one attached hydrogen (secondary N) is 1. The van der Waals surface area contributed by atoms with Gasteiger partial charge in [-0.2, -0.15) is 16.9 Å². The van der Waals surface area contributed by atoms with Crippen LogP contribution in [0.1, 0.15) is 18.2 Å². The minimum absolute atomic E-state index is 0.583. The van der Waals surface area contributed by atoms with Crippen molar-refractivity contribution < 1.29 is 0 Å². The smallest absolute Gasteiger partial charge is 0.160 e. The average Bonchev–Trinajstić information content (AvgIpc) is 3.17. The lowest BCUT2D eigenvalue weighted by atomic mass is 10.2. The highest BCUT2D eigenvalue weighted by molar-refractivity contribution is 7.99. The Labute approximate surface area is 116 Å². The first-order valence-electron chi connectivity index (χ1n) is 6.80. The molecular weight excluding hydrogens is 258 g/mol. The Kier molecular flexibility index (Phi) is 2.85. The second-order valence-electron chi connectivity index (χ2n) is 5.10. The van der Waals surface area contributed by atoms with Crippen molar-refractivity contribution in [3.8, 4) is 11.5 Å². The third-order valence-electron chi connectivity index (χ3n) is 3.87. The van der Waals surface area contributed by atoms with Gasteiger partial charge in [-0.25, -0.2) is 4.98 Å². The average molecular weight is 275 g/mol. The standard InChI is InChI=1S/C13H17N5S/c1-6-19-9-10(1)17-4-3-15-13(17)12-7-11-8-14-2-5-18(11)16-12/h3-4,7,10,14H,1-2,5-6,8-9H2/t10-/m0/s1. The van der Waals surface area contributed by atoms with Crippen LogP contribution in [0.5, 0.6) is 0 Å². The number of hydrogen-bond donors (Lipinski definition) is 1. The summed E-state index contributed by atoms with van der Waals surface area (Å²) in [5.74, 6) is 3.47. The van der Waals surface area contributed by atoms with Crippen molar-refractivity contribution in [1.82, 2.24) is 24.6 Å². The summed E-state index contributed by atoms with van der Waals surface area (Å²) in [6.45, 7) is 2.87. The van der Waals surface area contributed by atoms with Crippen molar-refractivity contribution in [2.24, 2.45) is 0 Å². The van der Waals surface area contributed by atoms with Crippen LogP contribution in [0.3, 0.4) is 0 Å². The lowest BCUT2D eigenvalue weighted by molar-refractivity contribution is 0.475. The Hall–Kier alpha value is -1.27. The van der Waals surface area contributed by atoms with Crippen LogP contribution in [0.15, 0.2) is 18.5 Å².